The van der Waals surface area contributed by atoms with Crippen molar-refractivity contribution in [3.63, 3.8) is 0 Å². The molecule has 0 bridgehead atoms. The van der Waals surface area contributed by atoms with Gasteiger partial charge in [-0.1, -0.05) is 24.3 Å². The molecule has 2 rings (SSSR count). The molecular weight excluding hydrogens is 242 g/mol. The summed E-state index contributed by atoms with van der Waals surface area (Å²) in [4.78, 5) is 14.3. The van der Waals surface area contributed by atoms with Crippen molar-refractivity contribution in [2.45, 2.75) is 0 Å². The van der Waals surface area contributed by atoms with Gasteiger partial charge >= 0.3 is 5.71 Å². The first-order valence-corrected chi connectivity index (χ1v) is 6.10. The molecule has 86 valence electrons. The van der Waals surface area contributed by atoms with Crippen molar-refractivity contribution >= 4 is 26.4 Å². The van der Waals surface area contributed by atoms with E-state index in [0.29, 0.717) is 0 Å². The van der Waals surface area contributed by atoms with Gasteiger partial charge in [-0.05, 0) is 0 Å². The van der Waals surface area contributed by atoms with E-state index in [0.717, 1.165) is 6.08 Å². The Labute approximate surface area is 97.0 Å². The number of hydrogen-bond acceptors (Lipinski definition) is 3. The van der Waals surface area contributed by atoms with Crippen LogP contribution < -0.4 is 5.14 Å². The van der Waals surface area contributed by atoms with Crippen molar-refractivity contribution in [1.82, 2.24) is 0 Å². The van der Waals surface area contributed by atoms with Crippen LogP contribution in [0.5, 0.6) is 0 Å². The van der Waals surface area contributed by atoms with Crippen LogP contribution in [0.25, 0.3) is 10.4 Å². The highest BCUT2D eigenvalue weighted by Gasteiger charge is 2.33. The van der Waals surface area contributed by atoms with Gasteiger partial charge < -0.3 is 5.53 Å². The van der Waals surface area contributed by atoms with Crippen molar-refractivity contribution in [2.75, 3.05) is 0 Å². The third-order valence-corrected chi connectivity index (χ3v) is 3.30. The van der Waals surface area contributed by atoms with Crippen molar-refractivity contribution in [1.29, 1.82) is 0 Å². The number of nitrogens with zero attached hydrogens (tertiary/aromatic N) is 2. The SMILES string of the molecule is [N-]=[N+]=C1C=C(S(N)(=O)=O)c2ccccc2C1=O. The van der Waals surface area contributed by atoms with Crippen LogP contribution in [0.15, 0.2) is 30.3 Å². The van der Waals surface area contributed by atoms with E-state index in [-0.39, 0.29) is 21.7 Å². The average Bonchev–Trinajstić information content (AvgIpc) is 2.28. The van der Waals surface area contributed by atoms with E-state index < -0.39 is 15.8 Å². The third-order valence-electron chi connectivity index (χ3n) is 2.35. The number of carbonyl (C=O) groups excluding carboxylic acids is 1. The number of allylic oxidation sites excluding steroid dienone is 1. The van der Waals surface area contributed by atoms with Gasteiger partial charge in [0.15, 0.2) is 0 Å². The van der Waals surface area contributed by atoms with E-state index in [1.165, 1.54) is 12.1 Å². The van der Waals surface area contributed by atoms with Crippen LogP contribution in [0, 0.1) is 0 Å². The maximum Gasteiger partial charge on any atom is 0.364 e. The first-order valence-electron chi connectivity index (χ1n) is 4.56. The lowest BCUT2D eigenvalue weighted by molar-refractivity contribution is -0.00437. The van der Waals surface area contributed by atoms with Crippen LogP contribution >= 0.6 is 0 Å². The third kappa shape index (κ3) is 1.83. The average molecular weight is 249 g/mol. The monoisotopic (exact) mass is 249 g/mol. The number of ketones is 1. The molecule has 7 heteroatoms. The molecule has 0 heterocycles. The van der Waals surface area contributed by atoms with Gasteiger partial charge in [0.05, 0.1) is 11.0 Å². The quantitative estimate of drug-likeness (QED) is 0.565. The standard InChI is InChI=1S/C10H7N3O3S/c11-13-8-5-9(17(12,15)16)6-3-1-2-4-7(6)10(8)14/h1-5H,(H2,12,15,16). The molecule has 1 aromatic carbocycles. The lowest BCUT2D eigenvalue weighted by Crippen LogP contribution is -2.25. The maximum absolute atomic E-state index is 11.7. The molecule has 0 amide bonds. The largest absolute Gasteiger partial charge is 0.364 e. The fourth-order valence-corrected chi connectivity index (χ4v) is 2.37. The topological polar surface area (TPSA) is 114 Å². The molecule has 0 spiro atoms. The van der Waals surface area contributed by atoms with E-state index in [4.69, 9.17) is 10.7 Å². The van der Waals surface area contributed by atoms with Gasteiger partial charge in [0.1, 0.15) is 0 Å². The van der Waals surface area contributed by atoms with Crippen LogP contribution in [0.3, 0.4) is 0 Å². The number of fused-ring (bicyclic) bond motifs is 1. The van der Waals surface area contributed by atoms with E-state index in [1.807, 2.05) is 0 Å². The van der Waals surface area contributed by atoms with Crippen molar-refractivity contribution in [3.8, 4) is 0 Å². The molecule has 0 aromatic heterocycles. The molecule has 0 saturated heterocycles. The first-order chi connectivity index (χ1) is 7.95. The fourth-order valence-electron chi connectivity index (χ4n) is 1.61. The summed E-state index contributed by atoms with van der Waals surface area (Å²) in [7, 11) is -3.99. The summed E-state index contributed by atoms with van der Waals surface area (Å²) in [6.45, 7) is 0. The Bertz CT molecular complexity index is 697. The van der Waals surface area contributed by atoms with E-state index in [2.05, 4.69) is 4.79 Å². The Morgan fingerprint density at radius 1 is 1.18 bits per heavy atom. The molecule has 17 heavy (non-hydrogen) atoms. The van der Waals surface area contributed by atoms with E-state index in [9.17, 15) is 13.2 Å². The molecule has 1 aromatic rings. The second-order valence-electron chi connectivity index (χ2n) is 3.41. The van der Waals surface area contributed by atoms with Gasteiger partial charge in [-0.25, -0.2) is 13.6 Å². The Morgan fingerprint density at radius 2 is 1.76 bits per heavy atom. The van der Waals surface area contributed by atoms with Crippen LogP contribution in [0.1, 0.15) is 15.9 Å². The molecule has 6 nitrogen and oxygen atoms in total. The van der Waals surface area contributed by atoms with Crippen LogP contribution in [0.4, 0.5) is 0 Å². The summed E-state index contributed by atoms with van der Waals surface area (Å²) in [6.07, 6.45) is 0.958. The number of nitrogens with two attached hydrogens (primary N) is 1. The molecule has 1 aliphatic rings. The highest BCUT2D eigenvalue weighted by Crippen LogP contribution is 2.27. The zero-order chi connectivity index (χ0) is 12.6. The minimum atomic E-state index is -3.99. The minimum Gasteiger partial charge on any atom is -0.361 e. The van der Waals surface area contributed by atoms with Gasteiger partial charge in [0, 0.05) is 11.1 Å². The predicted octanol–water partition coefficient (Wildman–Crippen LogP) is 0.183. The minimum absolute atomic E-state index is 0.145. The van der Waals surface area contributed by atoms with Crippen LogP contribution in [0.2, 0.25) is 0 Å². The Morgan fingerprint density at radius 3 is 2.29 bits per heavy atom. The second-order valence-corrected chi connectivity index (χ2v) is 4.94. The Kier molecular flexibility index (Phi) is 2.51. The second kappa shape index (κ2) is 3.74. The molecule has 0 atom stereocenters. The lowest BCUT2D eigenvalue weighted by atomic mass is 9.95. The highest BCUT2D eigenvalue weighted by molar-refractivity contribution is 7.98. The smallest absolute Gasteiger partial charge is 0.361 e. The number of rotatable bonds is 1. The Balaban J connectivity index is 2.85. The molecule has 1 aliphatic carbocycles. The van der Waals surface area contributed by atoms with Crippen molar-refractivity contribution in [2.24, 2.45) is 5.14 Å². The molecule has 0 aliphatic heterocycles. The number of carbonyl (C=O) groups is 1. The first kappa shape index (κ1) is 11.4. The summed E-state index contributed by atoms with van der Waals surface area (Å²) in [5.41, 5.74) is 8.66. The van der Waals surface area contributed by atoms with Crippen molar-refractivity contribution in [3.05, 3.63) is 47.0 Å². The van der Waals surface area contributed by atoms with Crippen LogP contribution in [-0.2, 0) is 10.0 Å². The number of sulfonamides is 1. The van der Waals surface area contributed by atoms with E-state index >= 15 is 0 Å². The van der Waals surface area contributed by atoms with Gasteiger partial charge in [-0.3, -0.25) is 4.79 Å². The highest BCUT2D eigenvalue weighted by atomic mass is 32.2. The molecule has 0 fully saturated rings. The van der Waals surface area contributed by atoms with Gasteiger partial charge in [0.25, 0.3) is 5.78 Å². The normalized spacial score (nSPS) is 15.0. The zero-order valence-corrected chi connectivity index (χ0v) is 9.31. The van der Waals surface area contributed by atoms with Gasteiger partial charge in [-0.15, -0.1) is 0 Å². The predicted molar refractivity (Wildman–Crippen MR) is 60.5 cm³/mol. The summed E-state index contributed by atoms with van der Waals surface area (Å²) < 4.78 is 22.8. The molecule has 2 N–H and O–H groups in total. The van der Waals surface area contributed by atoms with Gasteiger partial charge in [0.2, 0.25) is 10.0 Å². The summed E-state index contributed by atoms with van der Waals surface area (Å²) in [5, 5.41) is 5.04. The van der Waals surface area contributed by atoms with Crippen molar-refractivity contribution < 1.29 is 18.0 Å². The van der Waals surface area contributed by atoms with E-state index in [1.54, 1.807) is 12.1 Å². The number of hydrogen-bond donors (Lipinski definition) is 1. The molecule has 0 unspecified atom stereocenters. The zero-order valence-electron chi connectivity index (χ0n) is 8.49. The number of Topliss-reactive ketones (excluding diaryl/α,β-unsaturated/α-hetero) is 1. The number of primary sulfonamides is 1. The molecular formula is C10H7N3O3S. The lowest BCUT2D eigenvalue weighted by Gasteiger charge is -2.12. The Hall–Kier alpha value is -2.08. The summed E-state index contributed by atoms with van der Waals surface area (Å²) >= 11 is 0. The summed E-state index contributed by atoms with van der Waals surface area (Å²) in [6, 6.07) is 6.09. The molecule has 0 radical (unpaired) electrons. The molecule has 0 saturated carbocycles. The number of benzene rings is 1. The fraction of sp³-hybridized carbons (Fsp3) is 0. The summed E-state index contributed by atoms with van der Waals surface area (Å²) in [5.74, 6) is -0.546. The maximum atomic E-state index is 11.7. The van der Waals surface area contributed by atoms with Gasteiger partial charge in [-0.2, -0.15) is 4.79 Å². The van der Waals surface area contributed by atoms with Crippen LogP contribution in [-0.4, -0.2) is 24.7 Å².